The second-order valence-electron chi connectivity index (χ2n) is 1.84. The average molecular weight is 135 g/mol. The molecule has 2 heterocycles. The monoisotopic (exact) mass is 135 g/mol. The summed E-state index contributed by atoms with van der Waals surface area (Å²) in [5, 5.41) is 4.11. The van der Waals surface area contributed by atoms with Gasteiger partial charge in [-0.1, -0.05) is 0 Å². The lowest BCUT2D eigenvalue weighted by atomic mass is 10.3. The number of fused-ring (bicyclic) bond motifs is 1. The van der Waals surface area contributed by atoms with Crippen molar-refractivity contribution in [1.29, 1.82) is 0 Å². The van der Waals surface area contributed by atoms with E-state index in [1.54, 1.807) is 11.3 Å². The van der Waals surface area contributed by atoms with Gasteiger partial charge in [-0.25, -0.2) is 0 Å². The van der Waals surface area contributed by atoms with Crippen LogP contribution in [-0.4, -0.2) is 4.98 Å². The molecule has 0 atom stereocenters. The Morgan fingerprint density at radius 2 is 2.33 bits per heavy atom. The summed E-state index contributed by atoms with van der Waals surface area (Å²) in [7, 11) is 0. The molecular formula is C7H5NS. The Labute approximate surface area is 57.3 Å². The van der Waals surface area contributed by atoms with Crippen LogP contribution in [0.2, 0.25) is 0 Å². The Bertz CT molecular complexity index is 249. The molecule has 0 saturated carbocycles. The Morgan fingerprint density at radius 1 is 1.33 bits per heavy atom. The van der Waals surface area contributed by atoms with Gasteiger partial charge in [-0.3, -0.25) is 4.98 Å². The van der Waals surface area contributed by atoms with Crippen molar-refractivity contribution in [3.63, 3.8) is 0 Å². The van der Waals surface area contributed by atoms with E-state index in [0.717, 1.165) is 5.69 Å². The molecule has 0 aromatic heterocycles. The van der Waals surface area contributed by atoms with Gasteiger partial charge in [0.1, 0.15) is 0 Å². The van der Waals surface area contributed by atoms with Crippen molar-refractivity contribution in [2.45, 2.75) is 0 Å². The van der Waals surface area contributed by atoms with E-state index in [-0.39, 0.29) is 0 Å². The van der Waals surface area contributed by atoms with Crippen molar-refractivity contribution in [2.75, 3.05) is 0 Å². The molecular weight excluding hydrogens is 130 g/mol. The molecule has 9 heavy (non-hydrogen) atoms. The Kier molecular flexibility index (Phi) is 0.993. The number of aromatic nitrogens is 1. The van der Waals surface area contributed by atoms with Gasteiger partial charge < -0.3 is 0 Å². The van der Waals surface area contributed by atoms with Crippen molar-refractivity contribution in [1.82, 2.24) is 4.98 Å². The fourth-order valence-electron chi connectivity index (χ4n) is 0.814. The van der Waals surface area contributed by atoms with Crippen LogP contribution < -0.4 is 0 Å². The summed E-state index contributed by atoms with van der Waals surface area (Å²) >= 11 is 1.67. The second kappa shape index (κ2) is 1.81. The zero-order valence-electron chi connectivity index (χ0n) is 4.74. The van der Waals surface area contributed by atoms with E-state index in [1.165, 1.54) is 5.56 Å². The molecule has 0 unspecified atom stereocenters. The summed E-state index contributed by atoms with van der Waals surface area (Å²) in [5.74, 6) is 0. The summed E-state index contributed by atoms with van der Waals surface area (Å²) < 4.78 is 0. The van der Waals surface area contributed by atoms with Gasteiger partial charge in [0.05, 0.1) is 5.69 Å². The predicted molar refractivity (Wildman–Crippen MR) is 38.7 cm³/mol. The maximum absolute atomic E-state index is 4.13. The highest BCUT2D eigenvalue weighted by molar-refractivity contribution is 7.07. The Hall–Kier alpha value is -0.890. The zero-order chi connectivity index (χ0) is 6.10. The van der Waals surface area contributed by atoms with Crippen molar-refractivity contribution in [3.8, 4) is 11.3 Å². The van der Waals surface area contributed by atoms with Gasteiger partial charge in [-0.05, 0) is 17.5 Å². The van der Waals surface area contributed by atoms with Crippen LogP contribution in [0, 0.1) is 0 Å². The van der Waals surface area contributed by atoms with Gasteiger partial charge in [-0.2, -0.15) is 11.3 Å². The van der Waals surface area contributed by atoms with Crippen LogP contribution in [0.1, 0.15) is 0 Å². The first-order valence-corrected chi connectivity index (χ1v) is 3.68. The summed E-state index contributed by atoms with van der Waals surface area (Å²) in [6.07, 6.45) is 1.83. The molecule has 0 aromatic carbocycles. The first-order chi connectivity index (χ1) is 4.47. The molecule has 2 rings (SSSR count). The summed E-state index contributed by atoms with van der Waals surface area (Å²) in [6, 6.07) is 4.09. The third-order valence-corrected chi connectivity index (χ3v) is 1.92. The third kappa shape index (κ3) is 0.715. The van der Waals surface area contributed by atoms with E-state index in [1.807, 2.05) is 12.3 Å². The topological polar surface area (TPSA) is 12.9 Å². The average Bonchev–Trinajstić information content (AvgIpc) is 2.33. The molecule has 0 saturated heterocycles. The quantitative estimate of drug-likeness (QED) is 0.540. The van der Waals surface area contributed by atoms with Crippen molar-refractivity contribution < 1.29 is 0 Å². The molecule has 44 valence electrons. The first kappa shape index (κ1) is 4.94. The molecule has 2 heteroatoms. The van der Waals surface area contributed by atoms with Crippen molar-refractivity contribution >= 4 is 11.3 Å². The predicted octanol–water partition coefficient (Wildman–Crippen LogP) is 2.25. The van der Waals surface area contributed by atoms with Crippen LogP contribution in [-0.2, 0) is 0 Å². The lowest BCUT2D eigenvalue weighted by Gasteiger charge is -1.89. The SMILES string of the molecule is c1cc2ccscc-2n1. The van der Waals surface area contributed by atoms with E-state index >= 15 is 0 Å². The number of hydrogen-bond donors (Lipinski definition) is 0. The molecule has 2 aliphatic heterocycles. The van der Waals surface area contributed by atoms with E-state index < -0.39 is 0 Å². The number of hydrogen-bond acceptors (Lipinski definition) is 2. The summed E-state index contributed by atoms with van der Waals surface area (Å²) in [6.45, 7) is 0. The van der Waals surface area contributed by atoms with E-state index in [9.17, 15) is 0 Å². The van der Waals surface area contributed by atoms with Gasteiger partial charge in [0.15, 0.2) is 0 Å². The first-order valence-electron chi connectivity index (χ1n) is 2.74. The molecule has 0 N–H and O–H groups in total. The van der Waals surface area contributed by atoms with Gasteiger partial charge in [0, 0.05) is 17.1 Å². The Balaban J connectivity index is 2.79. The minimum atomic E-state index is 1.10. The molecule has 2 aliphatic rings. The Morgan fingerprint density at radius 3 is 3.22 bits per heavy atom. The van der Waals surface area contributed by atoms with Crippen LogP contribution in [0.15, 0.2) is 29.1 Å². The van der Waals surface area contributed by atoms with E-state index in [0.29, 0.717) is 0 Å². The molecule has 0 aromatic rings. The second-order valence-corrected chi connectivity index (χ2v) is 2.62. The number of nitrogens with zero attached hydrogens (tertiary/aromatic N) is 1. The molecule has 0 fully saturated rings. The van der Waals surface area contributed by atoms with Crippen molar-refractivity contribution in [3.05, 3.63) is 29.1 Å². The summed E-state index contributed by atoms with van der Waals surface area (Å²) in [5.41, 5.74) is 2.33. The molecule has 1 nitrogen and oxygen atoms in total. The van der Waals surface area contributed by atoms with Crippen LogP contribution in [0.4, 0.5) is 0 Å². The minimum Gasteiger partial charge on any atom is -0.255 e. The molecule has 0 amide bonds. The highest BCUT2D eigenvalue weighted by Crippen LogP contribution is 2.19. The highest BCUT2D eigenvalue weighted by Gasteiger charge is 1.98. The van der Waals surface area contributed by atoms with Crippen molar-refractivity contribution in [2.24, 2.45) is 0 Å². The zero-order valence-corrected chi connectivity index (χ0v) is 5.56. The maximum atomic E-state index is 4.13. The fourth-order valence-corrected chi connectivity index (χ4v) is 1.44. The maximum Gasteiger partial charge on any atom is 0.0801 e. The molecule has 0 radical (unpaired) electrons. The summed E-state index contributed by atoms with van der Waals surface area (Å²) in [4.78, 5) is 4.13. The lowest BCUT2D eigenvalue weighted by Crippen LogP contribution is -1.68. The normalized spacial score (nSPS) is 10.2. The lowest BCUT2D eigenvalue weighted by molar-refractivity contribution is 1.42. The number of rotatable bonds is 0. The van der Waals surface area contributed by atoms with Crippen LogP contribution >= 0.6 is 11.3 Å². The minimum absolute atomic E-state index is 1.10. The van der Waals surface area contributed by atoms with Gasteiger partial charge in [0.2, 0.25) is 0 Å². The van der Waals surface area contributed by atoms with Crippen LogP contribution in [0.25, 0.3) is 11.3 Å². The highest BCUT2D eigenvalue weighted by atomic mass is 32.1. The fraction of sp³-hybridized carbons (Fsp3) is 0. The van der Waals surface area contributed by atoms with Gasteiger partial charge in [0.25, 0.3) is 0 Å². The van der Waals surface area contributed by atoms with E-state index in [4.69, 9.17) is 0 Å². The van der Waals surface area contributed by atoms with Gasteiger partial charge >= 0.3 is 0 Å². The molecule has 0 bridgehead atoms. The molecule has 0 spiro atoms. The smallest absolute Gasteiger partial charge is 0.0801 e. The van der Waals surface area contributed by atoms with Crippen LogP contribution in [0.3, 0.4) is 0 Å². The standard InChI is InChI=1S/C7H5NS/c1-3-8-7-5-9-4-2-6(1)7/h1-5H. The van der Waals surface area contributed by atoms with Gasteiger partial charge in [-0.15, -0.1) is 0 Å². The largest absolute Gasteiger partial charge is 0.255 e. The van der Waals surface area contributed by atoms with E-state index in [2.05, 4.69) is 21.8 Å². The third-order valence-electron chi connectivity index (χ3n) is 1.27. The van der Waals surface area contributed by atoms with Crippen LogP contribution in [0.5, 0.6) is 0 Å². The molecule has 0 aliphatic carbocycles.